The molecule has 162 valence electrons. The van der Waals surface area contributed by atoms with E-state index < -0.39 is 10.0 Å². The Hall–Kier alpha value is -2.72. The molecule has 0 fully saturated rings. The molecule has 2 aromatic carbocycles. The molecule has 3 N–H and O–H groups in total. The second-order valence-corrected chi connectivity index (χ2v) is 9.25. The molecule has 1 aromatic heterocycles. The number of rotatable bonds is 6. The number of halogens is 1. The molecular formula is C21H21ClN4O4S. The maximum absolute atomic E-state index is 12.5. The number of ether oxygens (including phenoxy) is 1. The highest BCUT2D eigenvalue weighted by Crippen LogP contribution is 2.27. The van der Waals surface area contributed by atoms with Crippen LogP contribution < -0.4 is 10.5 Å². The molecule has 8 nitrogen and oxygen atoms in total. The Balaban J connectivity index is 1.34. The van der Waals surface area contributed by atoms with E-state index in [1.54, 1.807) is 22.9 Å². The van der Waals surface area contributed by atoms with Crippen LogP contribution in [0.2, 0.25) is 5.02 Å². The number of primary sulfonamides is 1. The Labute approximate surface area is 185 Å². The summed E-state index contributed by atoms with van der Waals surface area (Å²) >= 11 is 5.94. The van der Waals surface area contributed by atoms with Gasteiger partial charge in [0, 0.05) is 11.6 Å². The van der Waals surface area contributed by atoms with Crippen molar-refractivity contribution in [2.24, 2.45) is 5.14 Å². The third kappa shape index (κ3) is 5.13. The van der Waals surface area contributed by atoms with Crippen LogP contribution >= 0.6 is 11.6 Å². The monoisotopic (exact) mass is 460 g/mol. The SMILES string of the molecule is NS(=O)(=O)c1ccc(CCNC(=O)c2cc3n(n2)C[C@@H](c2ccc(Cl)cc2)OC3)cc1. The van der Waals surface area contributed by atoms with E-state index in [4.69, 9.17) is 21.5 Å². The lowest BCUT2D eigenvalue weighted by atomic mass is 10.1. The predicted molar refractivity (Wildman–Crippen MR) is 115 cm³/mol. The molecule has 1 atom stereocenters. The van der Waals surface area contributed by atoms with E-state index in [1.165, 1.54) is 12.1 Å². The Morgan fingerprint density at radius 1 is 1.19 bits per heavy atom. The van der Waals surface area contributed by atoms with Gasteiger partial charge in [0.25, 0.3) is 5.91 Å². The summed E-state index contributed by atoms with van der Waals surface area (Å²) in [4.78, 5) is 12.5. The van der Waals surface area contributed by atoms with Crippen molar-refractivity contribution >= 4 is 27.5 Å². The number of carbonyl (C=O) groups excluding carboxylic acids is 1. The largest absolute Gasteiger partial charge is 0.365 e. The summed E-state index contributed by atoms with van der Waals surface area (Å²) in [5, 5.41) is 13.0. The van der Waals surface area contributed by atoms with E-state index in [2.05, 4.69) is 10.4 Å². The van der Waals surface area contributed by atoms with Crippen LogP contribution in [0.15, 0.2) is 59.5 Å². The summed E-state index contributed by atoms with van der Waals surface area (Å²) in [5.41, 5.74) is 3.06. The van der Waals surface area contributed by atoms with Crippen LogP contribution in [-0.2, 0) is 34.3 Å². The van der Waals surface area contributed by atoms with Crippen molar-refractivity contribution < 1.29 is 17.9 Å². The molecule has 1 aliphatic heterocycles. The summed E-state index contributed by atoms with van der Waals surface area (Å²) in [6.45, 7) is 1.27. The van der Waals surface area contributed by atoms with Crippen LogP contribution in [0, 0.1) is 0 Å². The number of hydrogen-bond donors (Lipinski definition) is 2. The number of sulfonamides is 1. The lowest BCUT2D eigenvalue weighted by Crippen LogP contribution is -2.26. The average molecular weight is 461 g/mol. The lowest BCUT2D eigenvalue weighted by molar-refractivity contribution is -0.00119. The minimum atomic E-state index is -3.71. The van der Waals surface area contributed by atoms with Crippen molar-refractivity contribution in [1.82, 2.24) is 15.1 Å². The number of hydrogen-bond acceptors (Lipinski definition) is 5. The van der Waals surface area contributed by atoms with Crippen LogP contribution in [0.3, 0.4) is 0 Å². The maximum Gasteiger partial charge on any atom is 0.271 e. The smallest absolute Gasteiger partial charge is 0.271 e. The minimum absolute atomic E-state index is 0.0583. The zero-order valence-electron chi connectivity index (χ0n) is 16.5. The van der Waals surface area contributed by atoms with Gasteiger partial charge in [-0.2, -0.15) is 5.10 Å². The lowest BCUT2D eigenvalue weighted by Gasteiger charge is -2.24. The van der Waals surface area contributed by atoms with Gasteiger partial charge in [-0.1, -0.05) is 35.9 Å². The molecule has 1 amide bonds. The molecule has 0 aliphatic carbocycles. The molecule has 0 saturated carbocycles. The zero-order chi connectivity index (χ0) is 22.0. The van der Waals surface area contributed by atoms with Gasteiger partial charge in [-0.25, -0.2) is 13.6 Å². The van der Waals surface area contributed by atoms with Crippen molar-refractivity contribution in [1.29, 1.82) is 0 Å². The van der Waals surface area contributed by atoms with Gasteiger partial charge >= 0.3 is 0 Å². The van der Waals surface area contributed by atoms with Crippen LogP contribution in [-0.4, -0.2) is 30.7 Å². The number of nitrogens with two attached hydrogens (primary N) is 1. The topological polar surface area (TPSA) is 116 Å². The fourth-order valence-electron chi connectivity index (χ4n) is 3.37. The quantitative estimate of drug-likeness (QED) is 0.586. The van der Waals surface area contributed by atoms with Gasteiger partial charge in [0.15, 0.2) is 5.69 Å². The zero-order valence-corrected chi connectivity index (χ0v) is 18.1. The Bertz CT molecular complexity index is 1190. The predicted octanol–water partition coefficient (Wildman–Crippen LogP) is 2.43. The summed E-state index contributed by atoms with van der Waals surface area (Å²) < 4.78 is 30.3. The summed E-state index contributed by atoms with van der Waals surface area (Å²) in [5.74, 6) is -0.272. The molecule has 0 bridgehead atoms. The second kappa shape index (κ2) is 8.80. The number of amides is 1. The normalized spacial score (nSPS) is 16.0. The van der Waals surface area contributed by atoms with Crippen molar-refractivity contribution in [3.63, 3.8) is 0 Å². The first kappa shape index (κ1) is 21.5. The molecule has 4 rings (SSSR count). The fraction of sp³-hybridized carbons (Fsp3) is 0.238. The summed E-state index contributed by atoms with van der Waals surface area (Å²) in [7, 11) is -3.71. The molecular weight excluding hydrogens is 440 g/mol. The Morgan fingerprint density at radius 3 is 2.58 bits per heavy atom. The van der Waals surface area contributed by atoms with Crippen molar-refractivity contribution in [3.05, 3.63) is 82.1 Å². The summed E-state index contributed by atoms with van der Waals surface area (Å²) in [6, 6.07) is 15.5. The van der Waals surface area contributed by atoms with Crippen molar-refractivity contribution in [2.45, 2.75) is 30.6 Å². The van der Waals surface area contributed by atoms with Gasteiger partial charge in [-0.3, -0.25) is 9.48 Å². The van der Waals surface area contributed by atoms with Gasteiger partial charge in [0.2, 0.25) is 10.0 Å². The van der Waals surface area contributed by atoms with Crippen LogP contribution in [0.1, 0.15) is 33.4 Å². The first-order chi connectivity index (χ1) is 14.8. The van der Waals surface area contributed by atoms with Gasteiger partial charge in [-0.05, 0) is 47.9 Å². The maximum atomic E-state index is 12.5. The third-order valence-electron chi connectivity index (χ3n) is 5.06. The average Bonchev–Trinajstić information content (AvgIpc) is 3.17. The molecule has 0 spiro atoms. The molecule has 0 saturated heterocycles. The molecule has 31 heavy (non-hydrogen) atoms. The molecule has 0 radical (unpaired) electrons. The highest BCUT2D eigenvalue weighted by atomic mass is 35.5. The number of fused-ring (bicyclic) bond motifs is 1. The van der Waals surface area contributed by atoms with Crippen LogP contribution in [0.25, 0.3) is 0 Å². The van der Waals surface area contributed by atoms with E-state index in [0.717, 1.165) is 16.8 Å². The fourth-order valence-corrected chi connectivity index (χ4v) is 4.01. The molecule has 0 unspecified atom stereocenters. The van der Waals surface area contributed by atoms with E-state index in [9.17, 15) is 13.2 Å². The second-order valence-electron chi connectivity index (χ2n) is 7.25. The molecule has 2 heterocycles. The highest BCUT2D eigenvalue weighted by molar-refractivity contribution is 7.89. The van der Waals surface area contributed by atoms with E-state index in [1.807, 2.05) is 24.3 Å². The van der Waals surface area contributed by atoms with Gasteiger partial charge in [0.1, 0.15) is 6.10 Å². The first-order valence-electron chi connectivity index (χ1n) is 9.63. The Morgan fingerprint density at radius 2 is 1.90 bits per heavy atom. The molecule has 1 aliphatic rings. The molecule has 3 aromatic rings. The number of nitrogens with zero attached hydrogens (tertiary/aromatic N) is 2. The van der Waals surface area contributed by atoms with E-state index >= 15 is 0 Å². The van der Waals surface area contributed by atoms with Gasteiger partial charge in [0.05, 0.1) is 23.7 Å². The number of carbonyl (C=O) groups is 1. The first-order valence-corrected chi connectivity index (χ1v) is 11.6. The number of nitrogens with one attached hydrogen (secondary N) is 1. The number of aromatic nitrogens is 2. The van der Waals surface area contributed by atoms with E-state index in [-0.39, 0.29) is 16.9 Å². The Kier molecular flexibility index (Phi) is 6.10. The third-order valence-corrected chi connectivity index (χ3v) is 6.24. The van der Waals surface area contributed by atoms with Crippen LogP contribution in [0.4, 0.5) is 0 Å². The summed E-state index contributed by atoms with van der Waals surface area (Å²) in [6.07, 6.45) is 0.396. The standard InChI is InChI=1S/C21H21ClN4O4S/c22-16-5-3-15(4-6-16)20-12-26-17(13-30-20)11-19(25-26)21(27)24-10-9-14-1-7-18(8-2-14)31(23,28)29/h1-8,11,20H,9-10,12-13H2,(H,24,27)(H2,23,28,29)/t20-/m0/s1. The van der Waals surface area contributed by atoms with Gasteiger partial charge < -0.3 is 10.1 Å². The van der Waals surface area contributed by atoms with Gasteiger partial charge in [-0.15, -0.1) is 0 Å². The van der Waals surface area contributed by atoms with E-state index in [0.29, 0.717) is 36.8 Å². The van der Waals surface area contributed by atoms with Crippen molar-refractivity contribution in [2.75, 3.05) is 6.54 Å². The highest BCUT2D eigenvalue weighted by Gasteiger charge is 2.24. The van der Waals surface area contributed by atoms with Crippen LogP contribution in [0.5, 0.6) is 0 Å². The minimum Gasteiger partial charge on any atom is -0.365 e. The number of benzene rings is 2. The molecule has 10 heteroatoms. The van der Waals surface area contributed by atoms with Crippen molar-refractivity contribution in [3.8, 4) is 0 Å².